The Hall–Kier alpha value is -1.13. The van der Waals surface area contributed by atoms with E-state index in [4.69, 9.17) is 4.74 Å². The van der Waals surface area contributed by atoms with Crippen molar-refractivity contribution in [3.63, 3.8) is 0 Å². The Balaban J connectivity index is 2.93. The molecule has 1 rings (SSSR count). The number of nitrogens with zero attached hydrogens (tertiary/aromatic N) is 1. The molecule has 0 spiro atoms. The van der Waals surface area contributed by atoms with Gasteiger partial charge in [-0.2, -0.15) is 0 Å². The molecule has 0 aliphatic heterocycles. The van der Waals surface area contributed by atoms with Crippen molar-refractivity contribution in [1.29, 1.82) is 0 Å². The van der Waals surface area contributed by atoms with Gasteiger partial charge in [0.05, 0.1) is 12.7 Å². The molecule has 0 saturated heterocycles. The second-order valence-corrected chi connectivity index (χ2v) is 5.51. The highest BCUT2D eigenvalue weighted by Gasteiger charge is 2.15. The second-order valence-electron chi connectivity index (χ2n) is 5.51. The lowest BCUT2D eigenvalue weighted by molar-refractivity contribution is 0.0846. The number of likely N-dealkylation sites (N-methyl/N-ethyl adjacent to an activating group) is 1. The van der Waals surface area contributed by atoms with Gasteiger partial charge in [0, 0.05) is 25.3 Å². The minimum Gasteiger partial charge on any atom is -0.377 e. The van der Waals surface area contributed by atoms with Crippen LogP contribution >= 0.6 is 0 Å². The molecule has 0 aliphatic rings. The van der Waals surface area contributed by atoms with Crippen LogP contribution in [0.15, 0.2) is 12.1 Å². The predicted molar refractivity (Wildman–Crippen MR) is 83.0 cm³/mol. The van der Waals surface area contributed by atoms with Crippen molar-refractivity contribution in [3.8, 4) is 0 Å². The minimum absolute atomic E-state index is 0.105. The van der Waals surface area contributed by atoms with E-state index in [-0.39, 0.29) is 18.0 Å². The molecule has 1 aromatic carbocycles. The van der Waals surface area contributed by atoms with Gasteiger partial charge in [-0.05, 0) is 58.0 Å². The molecule has 1 atom stereocenters. The van der Waals surface area contributed by atoms with E-state index in [0.29, 0.717) is 12.2 Å². The molecule has 0 saturated carbocycles. The summed E-state index contributed by atoms with van der Waals surface area (Å²) in [5.41, 5.74) is 2.70. The monoisotopic (exact) mass is 282 g/mol. The molecule has 1 N–H and O–H groups in total. The molecule has 20 heavy (non-hydrogen) atoms. The van der Waals surface area contributed by atoms with E-state index in [2.05, 4.69) is 10.2 Å². The van der Waals surface area contributed by atoms with E-state index < -0.39 is 0 Å². The summed E-state index contributed by atoms with van der Waals surface area (Å²) < 4.78 is 19.4. The lowest BCUT2D eigenvalue weighted by atomic mass is 10.0. The van der Waals surface area contributed by atoms with Crippen LogP contribution in [0.1, 0.15) is 37.9 Å². The fraction of sp³-hybridized carbons (Fsp3) is 0.625. The Morgan fingerprint density at radius 3 is 2.50 bits per heavy atom. The first-order valence-electron chi connectivity index (χ1n) is 7.16. The number of halogens is 1. The van der Waals surface area contributed by atoms with Crippen LogP contribution in [0.4, 0.5) is 10.1 Å². The molecule has 1 unspecified atom stereocenters. The summed E-state index contributed by atoms with van der Waals surface area (Å²) in [5, 5.41) is 3.17. The number of aryl methyl sites for hydroxylation is 1. The third-order valence-electron chi connectivity index (χ3n) is 3.50. The van der Waals surface area contributed by atoms with Crippen LogP contribution in [-0.2, 0) is 4.74 Å². The van der Waals surface area contributed by atoms with E-state index in [0.717, 1.165) is 17.8 Å². The van der Waals surface area contributed by atoms with E-state index in [1.807, 2.05) is 40.9 Å². The normalized spacial score (nSPS) is 12.8. The van der Waals surface area contributed by atoms with Crippen molar-refractivity contribution in [3.05, 3.63) is 29.1 Å². The molecule has 114 valence electrons. The Morgan fingerprint density at radius 2 is 1.95 bits per heavy atom. The summed E-state index contributed by atoms with van der Waals surface area (Å²) in [5.74, 6) is -0.155. The molecule has 0 bridgehead atoms. The van der Waals surface area contributed by atoms with Gasteiger partial charge in [0.15, 0.2) is 0 Å². The maximum Gasteiger partial charge on any atom is 0.126 e. The predicted octanol–water partition coefficient (Wildman–Crippen LogP) is 3.28. The van der Waals surface area contributed by atoms with Crippen molar-refractivity contribution in [2.45, 2.75) is 39.8 Å². The lowest BCUT2D eigenvalue weighted by Gasteiger charge is -2.26. The smallest absolute Gasteiger partial charge is 0.126 e. The van der Waals surface area contributed by atoms with Crippen LogP contribution < -0.4 is 10.2 Å². The first-order valence-corrected chi connectivity index (χ1v) is 7.16. The zero-order valence-electron chi connectivity index (χ0n) is 13.5. The van der Waals surface area contributed by atoms with Crippen LogP contribution in [0.25, 0.3) is 0 Å². The molecule has 0 aliphatic carbocycles. The van der Waals surface area contributed by atoms with Crippen molar-refractivity contribution in [1.82, 2.24) is 5.32 Å². The molecule has 0 radical (unpaired) electrons. The topological polar surface area (TPSA) is 24.5 Å². The zero-order valence-corrected chi connectivity index (χ0v) is 13.5. The SMILES string of the molecule is CNC(C)c1cc(F)c(C)cc1N(C)CCOC(C)C. The maximum atomic E-state index is 13.8. The highest BCUT2D eigenvalue weighted by atomic mass is 19.1. The number of anilines is 1. The summed E-state index contributed by atoms with van der Waals surface area (Å²) in [6.07, 6.45) is 0.231. The average Bonchev–Trinajstić information content (AvgIpc) is 2.39. The Labute approximate surface area is 122 Å². The van der Waals surface area contributed by atoms with Crippen LogP contribution in [-0.4, -0.2) is 33.4 Å². The number of nitrogens with one attached hydrogen (secondary N) is 1. The van der Waals surface area contributed by atoms with E-state index in [1.54, 1.807) is 13.0 Å². The first kappa shape index (κ1) is 16.9. The van der Waals surface area contributed by atoms with Crippen LogP contribution in [0.2, 0.25) is 0 Å². The second kappa shape index (κ2) is 7.60. The third kappa shape index (κ3) is 4.46. The fourth-order valence-electron chi connectivity index (χ4n) is 2.06. The van der Waals surface area contributed by atoms with E-state index in [9.17, 15) is 4.39 Å². The highest BCUT2D eigenvalue weighted by molar-refractivity contribution is 5.56. The largest absolute Gasteiger partial charge is 0.377 e. The standard InChI is InChI=1S/C16H27FN2O/c1-11(2)20-8-7-19(6)16-9-12(3)15(17)10-14(16)13(4)18-5/h9-11,13,18H,7-8H2,1-6H3. The molecular weight excluding hydrogens is 255 g/mol. The van der Waals surface area contributed by atoms with Crippen molar-refractivity contribution >= 4 is 5.69 Å². The third-order valence-corrected chi connectivity index (χ3v) is 3.50. The quantitative estimate of drug-likeness (QED) is 0.830. The Morgan fingerprint density at radius 1 is 1.30 bits per heavy atom. The number of ether oxygens (including phenoxy) is 1. The van der Waals surface area contributed by atoms with E-state index in [1.165, 1.54) is 0 Å². The van der Waals surface area contributed by atoms with Gasteiger partial charge in [-0.15, -0.1) is 0 Å². The van der Waals surface area contributed by atoms with Crippen LogP contribution in [0.5, 0.6) is 0 Å². The molecule has 0 heterocycles. The van der Waals surface area contributed by atoms with Gasteiger partial charge >= 0.3 is 0 Å². The van der Waals surface area contributed by atoms with Gasteiger partial charge < -0.3 is 15.0 Å². The van der Waals surface area contributed by atoms with Gasteiger partial charge in [-0.25, -0.2) is 4.39 Å². The molecule has 1 aromatic rings. The van der Waals surface area contributed by atoms with Crippen LogP contribution in [0, 0.1) is 12.7 Å². The molecule has 3 nitrogen and oxygen atoms in total. The number of benzene rings is 1. The molecule has 4 heteroatoms. The first-order chi connectivity index (χ1) is 9.36. The molecule has 0 amide bonds. The van der Waals surface area contributed by atoms with Gasteiger partial charge in [0.25, 0.3) is 0 Å². The lowest BCUT2D eigenvalue weighted by Crippen LogP contribution is -2.26. The Bertz CT molecular complexity index is 435. The minimum atomic E-state index is -0.155. The fourth-order valence-corrected chi connectivity index (χ4v) is 2.06. The van der Waals surface area contributed by atoms with E-state index >= 15 is 0 Å². The number of hydrogen-bond donors (Lipinski definition) is 1. The highest BCUT2D eigenvalue weighted by Crippen LogP contribution is 2.28. The average molecular weight is 282 g/mol. The molecule has 0 aromatic heterocycles. The van der Waals surface area contributed by atoms with Crippen molar-refractivity contribution < 1.29 is 9.13 Å². The maximum absolute atomic E-state index is 13.8. The summed E-state index contributed by atoms with van der Waals surface area (Å²) in [6.45, 7) is 9.33. The molecular formula is C16H27FN2O. The molecule has 0 fully saturated rings. The van der Waals surface area contributed by atoms with Gasteiger partial charge in [-0.1, -0.05) is 0 Å². The van der Waals surface area contributed by atoms with Gasteiger partial charge in [-0.3, -0.25) is 0 Å². The number of hydrogen-bond acceptors (Lipinski definition) is 3. The summed E-state index contributed by atoms with van der Waals surface area (Å²) in [7, 11) is 3.90. The van der Waals surface area contributed by atoms with Gasteiger partial charge in [0.2, 0.25) is 0 Å². The Kier molecular flexibility index (Phi) is 6.43. The van der Waals surface area contributed by atoms with Gasteiger partial charge in [0.1, 0.15) is 5.82 Å². The van der Waals surface area contributed by atoms with Crippen molar-refractivity contribution in [2.24, 2.45) is 0 Å². The zero-order chi connectivity index (χ0) is 15.3. The summed E-state index contributed by atoms with van der Waals surface area (Å²) in [4.78, 5) is 2.12. The summed E-state index contributed by atoms with van der Waals surface area (Å²) in [6, 6.07) is 3.65. The number of rotatable bonds is 7. The van der Waals surface area contributed by atoms with Crippen molar-refractivity contribution in [2.75, 3.05) is 32.1 Å². The summed E-state index contributed by atoms with van der Waals surface area (Å²) >= 11 is 0. The van der Waals surface area contributed by atoms with Crippen LogP contribution in [0.3, 0.4) is 0 Å².